The molecule has 1 fully saturated rings. The SMILES string of the molecule is COc1cc(NCC2(O)CCCC2)cc(OC)c1OC. The van der Waals surface area contributed by atoms with Crippen molar-refractivity contribution in [1.82, 2.24) is 0 Å². The third-order valence-electron chi connectivity index (χ3n) is 3.82. The Hall–Kier alpha value is -1.62. The third-order valence-corrected chi connectivity index (χ3v) is 3.82. The molecule has 112 valence electrons. The predicted octanol–water partition coefficient (Wildman–Crippen LogP) is 2.43. The van der Waals surface area contributed by atoms with Crippen LogP contribution in [0.1, 0.15) is 25.7 Å². The minimum absolute atomic E-state index is 0.533. The van der Waals surface area contributed by atoms with Gasteiger partial charge < -0.3 is 24.6 Å². The molecule has 0 heterocycles. The van der Waals surface area contributed by atoms with Crippen LogP contribution in [0.3, 0.4) is 0 Å². The van der Waals surface area contributed by atoms with E-state index in [0.29, 0.717) is 23.8 Å². The van der Waals surface area contributed by atoms with Crippen molar-refractivity contribution in [2.24, 2.45) is 0 Å². The summed E-state index contributed by atoms with van der Waals surface area (Å²) in [5.74, 6) is 1.78. The van der Waals surface area contributed by atoms with Crippen LogP contribution in [0.2, 0.25) is 0 Å². The second-order valence-corrected chi connectivity index (χ2v) is 5.20. The fraction of sp³-hybridized carbons (Fsp3) is 0.600. The molecule has 1 saturated carbocycles. The van der Waals surface area contributed by atoms with Crippen LogP contribution in [0.25, 0.3) is 0 Å². The molecule has 5 nitrogen and oxygen atoms in total. The Labute approximate surface area is 119 Å². The minimum Gasteiger partial charge on any atom is -0.493 e. The number of nitrogens with one attached hydrogen (secondary N) is 1. The maximum atomic E-state index is 10.4. The molecule has 1 aliphatic rings. The molecule has 0 amide bonds. The van der Waals surface area contributed by atoms with E-state index in [9.17, 15) is 5.11 Å². The molecule has 0 spiro atoms. The Morgan fingerprint density at radius 1 is 1.05 bits per heavy atom. The number of aliphatic hydroxyl groups is 1. The molecular weight excluding hydrogens is 258 g/mol. The van der Waals surface area contributed by atoms with Gasteiger partial charge in [0.15, 0.2) is 11.5 Å². The second-order valence-electron chi connectivity index (χ2n) is 5.20. The van der Waals surface area contributed by atoms with Gasteiger partial charge in [0, 0.05) is 24.4 Å². The highest BCUT2D eigenvalue weighted by Gasteiger charge is 2.30. The Morgan fingerprint density at radius 3 is 2.05 bits per heavy atom. The molecule has 20 heavy (non-hydrogen) atoms. The quantitative estimate of drug-likeness (QED) is 0.838. The summed E-state index contributed by atoms with van der Waals surface area (Å²) < 4.78 is 15.9. The molecule has 0 saturated heterocycles. The van der Waals surface area contributed by atoms with Crippen LogP contribution in [-0.4, -0.2) is 38.6 Å². The van der Waals surface area contributed by atoms with Crippen LogP contribution < -0.4 is 19.5 Å². The molecule has 0 radical (unpaired) electrons. The van der Waals surface area contributed by atoms with Gasteiger partial charge in [-0.2, -0.15) is 0 Å². The minimum atomic E-state index is -0.597. The van der Waals surface area contributed by atoms with Crippen molar-refractivity contribution in [3.63, 3.8) is 0 Å². The van der Waals surface area contributed by atoms with Gasteiger partial charge in [-0.1, -0.05) is 12.8 Å². The fourth-order valence-electron chi connectivity index (χ4n) is 2.66. The largest absolute Gasteiger partial charge is 0.493 e. The summed E-state index contributed by atoms with van der Waals surface area (Å²) >= 11 is 0. The number of hydrogen-bond donors (Lipinski definition) is 2. The van der Waals surface area contributed by atoms with E-state index in [1.807, 2.05) is 12.1 Å². The molecule has 0 unspecified atom stereocenters. The molecular formula is C15H23NO4. The Balaban J connectivity index is 2.15. The van der Waals surface area contributed by atoms with Gasteiger partial charge >= 0.3 is 0 Å². The molecule has 5 heteroatoms. The van der Waals surface area contributed by atoms with Crippen LogP contribution in [0.15, 0.2) is 12.1 Å². The average molecular weight is 281 g/mol. The summed E-state index contributed by atoms with van der Waals surface area (Å²) in [7, 11) is 4.76. The fourth-order valence-corrected chi connectivity index (χ4v) is 2.66. The van der Waals surface area contributed by atoms with Crippen molar-refractivity contribution in [2.75, 3.05) is 33.2 Å². The zero-order valence-electron chi connectivity index (χ0n) is 12.4. The van der Waals surface area contributed by atoms with Crippen molar-refractivity contribution in [3.05, 3.63) is 12.1 Å². The number of methoxy groups -OCH3 is 3. The van der Waals surface area contributed by atoms with Gasteiger partial charge in [-0.25, -0.2) is 0 Å². The highest BCUT2D eigenvalue weighted by Crippen LogP contribution is 2.40. The van der Waals surface area contributed by atoms with E-state index in [1.165, 1.54) is 0 Å². The Bertz CT molecular complexity index is 430. The molecule has 0 aliphatic heterocycles. The molecule has 2 N–H and O–H groups in total. The van der Waals surface area contributed by atoms with Gasteiger partial charge in [-0.05, 0) is 12.8 Å². The average Bonchev–Trinajstić information content (AvgIpc) is 2.91. The summed E-state index contributed by atoms with van der Waals surface area (Å²) in [5.41, 5.74) is 0.250. The maximum Gasteiger partial charge on any atom is 0.203 e. The van der Waals surface area contributed by atoms with Crippen LogP contribution >= 0.6 is 0 Å². The predicted molar refractivity (Wildman–Crippen MR) is 78.0 cm³/mol. The van der Waals surface area contributed by atoms with Crippen molar-refractivity contribution in [2.45, 2.75) is 31.3 Å². The summed E-state index contributed by atoms with van der Waals surface area (Å²) in [5, 5.41) is 13.6. The third kappa shape index (κ3) is 3.10. The highest BCUT2D eigenvalue weighted by molar-refractivity contribution is 5.62. The standard InChI is InChI=1S/C15H23NO4/c1-18-12-8-11(9-13(19-2)14(12)20-3)16-10-15(17)6-4-5-7-15/h8-9,16-17H,4-7,10H2,1-3H3. The van der Waals surface area contributed by atoms with Gasteiger partial charge in [0.1, 0.15) is 0 Å². The number of anilines is 1. The topological polar surface area (TPSA) is 60.0 Å². The molecule has 0 aromatic heterocycles. The van der Waals surface area contributed by atoms with Gasteiger partial charge in [-0.3, -0.25) is 0 Å². The van der Waals surface area contributed by atoms with Gasteiger partial charge in [-0.15, -0.1) is 0 Å². The van der Waals surface area contributed by atoms with Crippen LogP contribution in [0.4, 0.5) is 5.69 Å². The van der Waals surface area contributed by atoms with Gasteiger partial charge in [0.2, 0.25) is 5.75 Å². The van der Waals surface area contributed by atoms with Crippen LogP contribution in [-0.2, 0) is 0 Å². The lowest BCUT2D eigenvalue weighted by Crippen LogP contribution is -2.33. The Kier molecular flexibility index (Phi) is 4.60. The van der Waals surface area contributed by atoms with Crippen LogP contribution in [0.5, 0.6) is 17.2 Å². The molecule has 1 aromatic carbocycles. The Morgan fingerprint density at radius 2 is 1.60 bits per heavy atom. The van der Waals surface area contributed by atoms with Crippen molar-refractivity contribution < 1.29 is 19.3 Å². The summed E-state index contributed by atoms with van der Waals surface area (Å²) in [6, 6.07) is 3.69. The van der Waals surface area contributed by atoms with E-state index in [-0.39, 0.29) is 0 Å². The molecule has 1 aromatic rings. The highest BCUT2D eigenvalue weighted by atomic mass is 16.5. The summed E-state index contributed by atoms with van der Waals surface area (Å²) in [4.78, 5) is 0. The van der Waals surface area contributed by atoms with E-state index in [1.54, 1.807) is 21.3 Å². The smallest absolute Gasteiger partial charge is 0.203 e. The second kappa shape index (κ2) is 6.22. The normalized spacial score (nSPS) is 16.8. The first kappa shape index (κ1) is 14.8. The van der Waals surface area contributed by atoms with E-state index in [4.69, 9.17) is 14.2 Å². The zero-order valence-corrected chi connectivity index (χ0v) is 12.4. The number of hydrogen-bond acceptors (Lipinski definition) is 5. The van der Waals surface area contributed by atoms with Crippen molar-refractivity contribution in [3.8, 4) is 17.2 Å². The van der Waals surface area contributed by atoms with Crippen molar-refractivity contribution in [1.29, 1.82) is 0 Å². The molecule has 0 bridgehead atoms. The van der Waals surface area contributed by atoms with E-state index < -0.39 is 5.60 Å². The van der Waals surface area contributed by atoms with Crippen LogP contribution in [0, 0.1) is 0 Å². The van der Waals surface area contributed by atoms with Gasteiger partial charge in [0.05, 0.1) is 26.9 Å². The maximum absolute atomic E-state index is 10.4. The summed E-state index contributed by atoms with van der Waals surface area (Å²) in [6.07, 6.45) is 3.88. The lowest BCUT2D eigenvalue weighted by Gasteiger charge is -2.23. The monoisotopic (exact) mass is 281 g/mol. The molecule has 1 aliphatic carbocycles. The van der Waals surface area contributed by atoms with Crippen molar-refractivity contribution >= 4 is 5.69 Å². The van der Waals surface area contributed by atoms with E-state index in [2.05, 4.69) is 5.32 Å². The first-order chi connectivity index (χ1) is 9.61. The van der Waals surface area contributed by atoms with E-state index >= 15 is 0 Å². The first-order valence-corrected chi connectivity index (χ1v) is 6.88. The summed E-state index contributed by atoms with van der Waals surface area (Å²) in [6.45, 7) is 0.533. The van der Waals surface area contributed by atoms with E-state index in [0.717, 1.165) is 31.4 Å². The number of ether oxygens (including phenoxy) is 3. The number of rotatable bonds is 6. The zero-order chi connectivity index (χ0) is 14.6. The lowest BCUT2D eigenvalue weighted by molar-refractivity contribution is 0.0614. The molecule has 2 rings (SSSR count). The lowest BCUT2D eigenvalue weighted by atomic mass is 10.0. The first-order valence-electron chi connectivity index (χ1n) is 6.88. The number of benzene rings is 1. The molecule has 0 atom stereocenters. The van der Waals surface area contributed by atoms with Gasteiger partial charge in [0.25, 0.3) is 0 Å².